The largest absolute Gasteiger partial charge is 0.382 e. The van der Waals surface area contributed by atoms with Crippen LogP contribution in [-0.2, 0) is 0 Å². The Morgan fingerprint density at radius 2 is 2.20 bits per heavy atom. The molecule has 1 fully saturated rings. The van der Waals surface area contributed by atoms with Gasteiger partial charge in [-0.15, -0.1) is 0 Å². The number of rotatable bonds is 4. The van der Waals surface area contributed by atoms with E-state index in [4.69, 9.17) is 0 Å². The first kappa shape index (κ1) is 10.5. The number of hydrogen-bond donors (Lipinski definition) is 1. The topological polar surface area (TPSA) is 12.0 Å². The Bertz CT molecular complexity index is 344. The lowest BCUT2D eigenvalue weighted by Crippen LogP contribution is -2.21. The van der Waals surface area contributed by atoms with E-state index in [0.717, 1.165) is 23.6 Å². The first-order chi connectivity index (χ1) is 7.20. The van der Waals surface area contributed by atoms with Crippen molar-refractivity contribution in [2.24, 2.45) is 5.92 Å². The van der Waals surface area contributed by atoms with Crippen LogP contribution >= 0.6 is 0 Å². The van der Waals surface area contributed by atoms with Crippen LogP contribution in [0.25, 0.3) is 0 Å². The molecule has 0 aromatic heterocycles. The van der Waals surface area contributed by atoms with Gasteiger partial charge in [0.15, 0.2) is 0 Å². The molecule has 1 nitrogen and oxygen atoms in total. The average molecular weight is 207 g/mol. The molecule has 1 saturated carbocycles. The monoisotopic (exact) mass is 207 g/mol. The van der Waals surface area contributed by atoms with E-state index in [-0.39, 0.29) is 5.82 Å². The number of hydrogen-bond acceptors (Lipinski definition) is 1. The fraction of sp³-hybridized carbons (Fsp3) is 0.538. The van der Waals surface area contributed by atoms with Gasteiger partial charge in [0.05, 0.1) is 0 Å². The van der Waals surface area contributed by atoms with Crippen LogP contribution in [0.1, 0.15) is 31.7 Å². The molecule has 0 bridgehead atoms. The van der Waals surface area contributed by atoms with Gasteiger partial charge >= 0.3 is 0 Å². The molecule has 15 heavy (non-hydrogen) atoms. The quantitative estimate of drug-likeness (QED) is 0.793. The summed E-state index contributed by atoms with van der Waals surface area (Å²) < 4.78 is 12.9. The van der Waals surface area contributed by atoms with Gasteiger partial charge in [0.1, 0.15) is 5.82 Å². The Kier molecular flexibility index (Phi) is 2.94. The smallest absolute Gasteiger partial charge is 0.123 e. The van der Waals surface area contributed by atoms with E-state index in [1.54, 1.807) is 6.07 Å². The summed E-state index contributed by atoms with van der Waals surface area (Å²) in [5.41, 5.74) is 2.07. The number of benzene rings is 1. The van der Waals surface area contributed by atoms with Crippen molar-refractivity contribution in [1.82, 2.24) is 0 Å². The normalized spacial score (nSPS) is 17.5. The number of aryl methyl sites for hydroxylation is 1. The van der Waals surface area contributed by atoms with Crippen molar-refractivity contribution in [3.05, 3.63) is 29.6 Å². The molecule has 1 aromatic rings. The van der Waals surface area contributed by atoms with Gasteiger partial charge in [0.2, 0.25) is 0 Å². The summed E-state index contributed by atoms with van der Waals surface area (Å²) in [4.78, 5) is 0. The van der Waals surface area contributed by atoms with Gasteiger partial charge in [-0.25, -0.2) is 4.39 Å². The summed E-state index contributed by atoms with van der Waals surface area (Å²) in [6.45, 7) is 4.15. The highest BCUT2D eigenvalue weighted by Gasteiger charge is 2.29. The second-order valence-electron chi connectivity index (χ2n) is 4.46. The Labute approximate surface area is 90.7 Å². The first-order valence-corrected chi connectivity index (χ1v) is 5.73. The Morgan fingerprint density at radius 1 is 1.47 bits per heavy atom. The summed E-state index contributed by atoms with van der Waals surface area (Å²) in [5.74, 6) is 0.678. The van der Waals surface area contributed by atoms with Crippen LogP contribution in [0.5, 0.6) is 0 Å². The van der Waals surface area contributed by atoms with Crippen molar-refractivity contribution < 1.29 is 4.39 Å². The predicted molar refractivity (Wildman–Crippen MR) is 61.6 cm³/mol. The van der Waals surface area contributed by atoms with E-state index in [1.807, 2.05) is 13.0 Å². The van der Waals surface area contributed by atoms with E-state index < -0.39 is 0 Å². The van der Waals surface area contributed by atoms with Crippen molar-refractivity contribution in [2.45, 2.75) is 39.2 Å². The SMILES string of the molecule is CCC(Nc1ccc(F)cc1C)C1CC1. The highest BCUT2D eigenvalue weighted by molar-refractivity contribution is 5.51. The molecule has 2 rings (SSSR count). The fourth-order valence-electron chi connectivity index (χ4n) is 2.04. The van der Waals surface area contributed by atoms with E-state index >= 15 is 0 Å². The van der Waals surface area contributed by atoms with Gasteiger partial charge in [-0.3, -0.25) is 0 Å². The number of nitrogens with one attached hydrogen (secondary N) is 1. The van der Waals surface area contributed by atoms with Crippen molar-refractivity contribution in [2.75, 3.05) is 5.32 Å². The zero-order chi connectivity index (χ0) is 10.8. The molecule has 2 heteroatoms. The van der Waals surface area contributed by atoms with E-state index in [0.29, 0.717) is 6.04 Å². The maximum absolute atomic E-state index is 12.9. The van der Waals surface area contributed by atoms with Crippen LogP contribution in [-0.4, -0.2) is 6.04 Å². The molecular formula is C13H18FN. The molecule has 1 aliphatic carbocycles. The van der Waals surface area contributed by atoms with Crippen LogP contribution in [0, 0.1) is 18.7 Å². The highest BCUT2D eigenvalue weighted by Crippen LogP contribution is 2.36. The minimum atomic E-state index is -0.155. The minimum Gasteiger partial charge on any atom is -0.382 e. The van der Waals surface area contributed by atoms with Crippen LogP contribution in [0.15, 0.2) is 18.2 Å². The van der Waals surface area contributed by atoms with Crippen molar-refractivity contribution in [1.29, 1.82) is 0 Å². The molecule has 0 saturated heterocycles. The second kappa shape index (κ2) is 4.21. The minimum absolute atomic E-state index is 0.155. The van der Waals surface area contributed by atoms with Crippen LogP contribution < -0.4 is 5.32 Å². The average Bonchev–Trinajstić information content (AvgIpc) is 3.00. The van der Waals surface area contributed by atoms with Crippen LogP contribution in [0.4, 0.5) is 10.1 Å². The number of halogens is 1. The van der Waals surface area contributed by atoms with Crippen LogP contribution in [0.2, 0.25) is 0 Å². The Morgan fingerprint density at radius 3 is 2.73 bits per heavy atom. The van der Waals surface area contributed by atoms with Gasteiger partial charge in [-0.1, -0.05) is 6.92 Å². The maximum Gasteiger partial charge on any atom is 0.123 e. The molecule has 82 valence electrons. The van der Waals surface area contributed by atoms with Gasteiger partial charge in [0, 0.05) is 11.7 Å². The Hall–Kier alpha value is -1.05. The molecule has 0 radical (unpaired) electrons. The zero-order valence-corrected chi connectivity index (χ0v) is 9.39. The summed E-state index contributed by atoms with van der Waals surface area (Å²) in [6, 6.07) is 5.52. The summed E-state index contributed by atoms with van der Waals surface area (Å²) in [6.07, 6.45) is 3.82. The third kappa shape index (κ3) is 2.49. The molecule has 1 unspecified atom stereocenters. The van der Waals surface area contributed by atoms with E-state index in [1.165, 1.54) is 18.9 Å². The molecular weight excluding hydrogens is 189 g/mol. The van der Waals surface area contributed by atoms with Crippen molar-refractivity contribution >= 4 is 5.69 Å². The second-order valence-corrected chi connectivity index (χ2v) is 4.46. The standard InChI is InChI=1S/C13H18FN/c1-3-12(10-4-5-10)15-13-7-6-11(14)8-9(13)2/h6-8,10,12,15H,3-5H2,1-2H3. The van der Waals surface area contributed by atoms with E-state index in [2.05, 4.69) is 12.2 Å². The molecule has 1 aliphatic rings. The third-order valence-corrected chi connectivity index (χ3v) is 3.16. The summed E-state index contributed by atoms with van der Waals surface area (Å²) in [7, 11) is 0. The molecule has 0 amide bonds. The van der Waals surface area contributed by atoms with Gasteiger partial charge in [0.25, 0.3) is 0 Å². The maximum atomic E-state index is 12.9. The molecule has 1 atom stereocenters. The molecule has 0 aliphatic heterocycles. The third-order valence-electron chi connectivity index (χ3n) is 3.16. The number of anilines is 1. The molecule has 1 aromatic carbocycles. The first-order valence-electron chi connectivity index (χ1n) is 5.73. The molecule has 1 N–H and O–H groups in total. The lowest BCUT2D eigenvalue weighted by Gasteiger charge is -2.19. The van der Waals surface area contributed by atoms with Crippen LogP contribution in [0.3, 0.4) is 0 Å². The predicted octanol–water partition coefficient (Wildman–Crippen LogP) is 3.73. The van der Waals surface area contributed by atoms with E-state index in [9.17, 15) is 4.39 Å². The summed E-state index contributed by atoms with van der Waals surface area (Å²) in [5, 5.41) is 3.52. The Balaban J connectivity index is 2.08. The van der Waals surface area contributed by atoms with Crippen molar-refractivity contribution in [3.8, 4) is 0 Å². The van der Waals surface area contributed by atoms with Gasteiger partial charge in [-0.2, -0.15) is 0 Å². The lowest BCUT2D eigenvalue weighted by atomic mass is 10.1. The van der Waals surface area contributed by atoms with Gasteiger partial charge < -0.3 is 5.32 Å². The molecule has 0 spiro atoms. The van der Waals surface area contributed by atoms with Gasteiger partial charge in [-0.05, 0) is 55.9 Å². The fourth-order valence-corrected chi connectivity index (χ4v) is 2.04. The zero-order valence-electron chi connectivity index (χ0n) is 9.39. The van der Waals surface area contributed by atoms with Crippen molar-refractivity contribution in [3.63, 3.8) is 0 Å². The summed E-state index contributed by atoms with van der Waals surface area (Å²) >= 11 is 0. The lowest BCUT2D eigenvalue weighted by molar-refractivity contribution is 0.612. The molecule has 0 heterocycles. The highest BCUT2D eigenvalue weighted by atomic mass is 19.1.